The van der Waals surface area contributed by atoms with E-state index in [0.29, 0.717) is 0 Å². The summed E-state index contributed by atoms with van der Waals surface area (Å²) in [5, 5.41) is 25.9. The molecule has 22 heavy (non-hydrogen) atoms. The number of nitrogens with one attached hydrogen (secondary N) is 1. The van der Waals surface area contributed by atoms with Gasteiger partial charge in [0.05, 0.1) is 16.8 Å². The Morgan fingerprint density at radius 2 is 2.00 bits per heavy atom. The fourth-order valence-electron chi connectivity index (χ4n) is 1.86. The van der Waals surface area contributed by atoms with Crippen molar-refractivity contribution in [3.63, 3.8) is 0 Å². The molecule has 0 atom stereocenters. The monoisotopic (exact) mass is 303 g/mol. The molecule has 1 amide bonds. The van der Waals surface area contributed by atoms with E-state index in [1.807, 2.05) is 0 Å². The minimum atomic E-state index is -1.26. The number of phenolic OH excluding ortho intramolecular Hbond substituents is 1. The molecule has 0 aliphatic rings. The van der Waals surface area contributed by atoms with Crippen molar-refractivity contribution in [1.29, 1.82) is 0 Å². The Kier molecular flexibility index (Phi) is 4.21. The first-order valence-corrected chi connectivity index (χ1v) is 6.24. The van der Waals surface area contributed by atoms with Crippen LogP contribution in [0.25, 0.3) is 0 Å². The van der Waals surface area contributed by atoms with Gasteiger partial charge in [0, 0.05) is 0 Å². The van der Waals surface area contributed by atoms with Crippen molar-refractivity contribution < 1.29 is 24.3 Å². The van der Waals surface area contributed by atoms with Crippen LogP contribution in [0, 0.1) is 6.92 Å². The number of carbonyl (C=O) groups is 2. The highest BCUT2D eigenvalue weighted by molar-refractivity contribution is 6.07. The van der Waals surface area contributed by atoms with Crippen LogP contribution < -0.4 is 5.43 Å². The molecule has 3 N–H and O–H groups in total. The van der Waals surface area contributed by atoms with Gasteiger partial charge < -0.3 is 14.7 Å². The van der Waals surface area contributed by atoms with Crippen LogP contribution in [0.5, 0.6) is 5.75 Å². The summed E-state index contributed by atoms with van der Waals surface area (Å²) in [5.41, 5.74) is 2.44. The second-order valence-corrected chi connectivity index (χ2v) is 4.42. The number of benzene rings is 1. The Morgan fingerprint density at radius 1 is 1.32 bits per heavy atom. The highest BCUT2D eigenvalue weighted by Gasteiger charge is 2.21. The van der Waals surface area contributed by atoms with Crippen LogP contribution in [0.2, 0.25) is 0 Å². The maximum atomic E-state index is 11.9. The standard InChI is InChI=1S/C14H13N3O5/c1-7(11-8(2)22-17-12(11)14(20)21)15-16-13(19)9-5-3-4-6-10(9)18/h3-6,18H,1-2H3,(H,16,19)(H,20,21)/b15-7+. The van der Waals surface area contributed by atoms with Gasteiger partial charge in [-0.05, 0) is 26.0 Å². The Balaban J connectivity index is 2.24. The predicted molar refractivity (Wildman–Crippen MR) is 76.0 cm³/mol. The zero-order chi connectivity index (χ0) is 16.3. The van der Waals surface area contributed by atoms with Crippen LogP contribution in [0.3, 0.4) is 0 Å². The number of hydrogen-bond donors (Lipinski definition) is 3. The fourth-order valence-corrected chi connectivity index (χ4v) is 1.86. The molecule has 0 unspecified atom stereocenters. The van der Waals surface area contributed by atoms with E-state index in [4.69, 9.17) is 9.63 Å². The summed E-state index contributed by atoms with van der Waals surface area (Å²) in [7, 11) is 0. The number of aromatic nitrogens is 1. The Bertz CT molecular complexity index is 764. The third kappa shape index (κ3) is 2.95. The molecule has 2 rings (SSSR count). The summed E-state index contributed by atoms with van der Waals surface area (Å²) in [5.74, 6) is -1.78. The largest absolute Gasteiger partial charge is 0.507 e. The molecule has 1 heterocycles. The van der Waals surface area contributed by atoms with Crippen molar-refractivity contribution in [2.75, 3.05) is 0 Å². The number of amides is 1. The van der Waals surface area contributed by atoms with Gasteiger partial charge in [-0.15, -0.1) is 0 Å². The predicted octanol–water partition coefficient (Wildman–Crippen LogP) is 1.54. The molecular weight excluding hydrogens is 290 g/mol. The van der Waals surface area contributed by atoms with Crippen LogP contribution in [-0.2, 0) is 0 Å². The molecule has 0 aliphatic heterocycles. The lowest BCUT2D eigenvalue weighted by Gasteiger charge is -2.04. The lowest BCUT2D eigenvalue weighted by molar-refractivity contribution is 0.0685. The highest BCUT2D eigenvalue weighted by atomic mass is 16.5. The molecule has 114 valence electrons. The normalized spacial score (nSPS) is 11.3. The number of aromatic hydroxyl groups is 1. The lowest BCUT2D eigenvalue weighted by atomic mass is 10.1. The number of phenols is 1. The Morgan fingerprint density at radius 3 is 2.64 bits per heavy atom. The number of carbonyl (C=O) groups excluding carboxylic acids is 1. The molecule has 1 aromatic carbocycles. The quantitative estimate of drug-likeness (QED) is 0.581. The first kappa shape index (κ1) is 15.2. The minimum Gasteiger partial charge on any atom is -0.507 e. The van der Waals surface area contributed by atoms with E-state index in [2.05, 4.69) is 15.7 Å². The number of rotatable bonds is 4. The number of nitrogens with zero attached hydrogens (tertiary/aromatic N) is 2. The SMILES string of the molecule is C/C(=N\NC(=O)c1ccccc1O)c1c(C(=O)O)noc1C. The van der Waals surface area contributed by atoms with Crippen molar-refractivity contribution in [3.05, 3.63) is 46.8 Å². The van der Waals surface area contributed by atoms with E-state index in [0.717, 1.165) is 0 Å². The van der Waals surface area contributed by atoms with Crippen LogP contribution in [0.15, 0.2) is 33.9 Å². The number of aromatic carboxylic acids is 1. The van der Waals surface area contributed by atoms with E-state index in [1.54, 1.807) is 19.1 Å². The van der Waals surface area contributed by atoms with Gasteiger partial charge in [0.25, 0.3) is 5.91 Å². The number of hydrogen-bond acceptors (Lipinski definition) is 6. The van der Waals surface area contributed by atoms with Gasteiger partial charge in [-0.2, -0.15) is 5.10 Å². The molecule has 8 nitrogen and oxygen atoms in total. The molecule has 0 bridgehead atoms. The third-order valence-corrected chi connectivity index (χ3v) is 2.90. The molecule has 0 radical (unpaired) electrons. The third-order valence-electron chi connectivity index (χ3n) is 2.90. The molecule has 8 heteroatoms. The van der Waals surface area contributed by atoms with Crippen molar-refractivity contribution in [1.82, 2.24) is 10.6 Å². The number of para-hydroxylation sites is 1. The number of hydrazone groups is 1. The van der Waals surface area contributed by atoms with E-state index in [1.165, 1.54) is 19.1 Å². The smallest absolute Gasteiger partial charge is 0.358 e. The fraction of sp³-hybridized carbons (Fsp3) is 0.143. The number of aryl methyl sites for hydroxylation is 1. The van der Waals surface area contributed by atoms with Crippen LogP contribution in [0.1, 0.15) is 39.1 Å². The van der Waals surface area contributed by atoms with Gasteiger partial charge in [0.2, 0.25) is 5.69 Å². The average Bonchev–Trinajstić information content (AvgIpc) is 2.87. The summed E-state index contributed by atoms with van der Waals surface area (Å²) in [6.07, 6.45) is 0. The summed E-state index contributed by atoms with van der Waals surface area (Å²) in [6, 6.07) is 5.99. The van der Waals surface area contributed by atoms with E-state index >= 15 is 0 Å². The maximum Gasteiger partial charge on any atom is 0.358 e. The summed E-state index contributed by atoms with van der Waals surface area (Å²) >= 11 is 0. The van der Waals surface area contributed by atoms with E-state index in [9.17, 15) is 14.7 Å². The van der Waals surface area contributed by atoms with E-state index < -0.39 is 11.9 Å². The van der Waals surface area contributed by atoms with Gasteiger partial charge in [-0.1, -0.05) is 17.3 Å². The molecule has 0 saturated heterocycles. The first-order valence-electron chi connectivity index (χ1n) is 6.24. The second kappa shape index (κ2) is 6.08. The molecule has 0 fully saturated rings. The van der Waals surface area contributed by atoms with Gasteiger partial charge in [-0.3, -0.25) is 4.79 Å². The Labute approximate surface area is 125 Å². The molecular formula is C14H13N3O5. The van der Waals surface area contributed by atoms with Gasteiger partial charge in [-0.25, -0.2) is 10.2 Å². The van der Waals surface area contributed by atoms with Crippen LogP contribution >= 0.6 is 0 Å². The maximum absolute atomic E-state index is 11.9. The minimum absolute atomic E-state index is 0.0551. The number of carboxylic acids is 1. The molecule has 0 saturated carbocycles. The zero-order valence-corrected chi connectivity index (χ0v) is 11.8. The molecule has 1 aromatic heterocycles. The summed E-state index contributed by atoms with van der Waals surface area (Å²) < 4.78 is 4.82. The molecule has 2 aromatic rings. The second-order valence-electron chi connectivity index (χ2n) is 4.42. The summed E-state index contributed by atoms with van der Waals surface area (Å²) in [4.78, 5) is 23.0. The lowest BCUT2D eigenvalue weighted by Crippen LogP contribution is -2.20. The van der Waals surface area contributed by atoms with Crippen molar-refractivity contribution in [3.8, 4) is 5.75 Å². The van der Waals surface area contributed by atoms with E-state index in [-0.39, 0.29) is 34.0 Å². The number of carboxylic acid groups (broad SMARTS) is 1. The van der Waals surface area contributed by atoms with Crippen molar-refractivity contribution in [2.45, 2.75) is 13.8 Å². The Hall–Kier alpha value is -3.16. The molecule has 0 spiro atoms. The van der Waals surface area contributed by atoms with Crippen molar-refractivity contribution >= 4 is 17.6 Å². The average molecular weight is 303 g/mol. The van der Waals surface area contributed by atoms with Gasteiger partial charge in [0.1, 0.15) is 11.5 Å². The van der Waals surface area contributed by atoms with Crippen LogP contribution in [-0.4, -0.2) is 33.0 Å². The highest BCUT2D eigenvalue weighted by Crippen LogP contribution is 2.16. The first-order chi connectivity index (χ1) is 10.4. The zero-order valence-electron chi connectivity index (χ0n) is 11.8. The topological polar surface area (TPSA) is 125 Å². The summed E-state index contributed by atoms with van der Waals surface area (Å²) in [6.45, 7) is 3.05. The molecule has 0 aliphatic carbocycles. The van der Waals surface area contributed by atoms with Gasteiger partial charge >= 0.3 is 5.97 Å². The van der Waals surface area contributed by atoms with Crippen LogP contribution in [0.4, 0.5) is 0 Å². The van der Waals surface area contributed by atoms with Gasteiger partial charge in [0.15, 0.2) is 0 Å². The van der Waals surface area contributed by atoms with Crippen molar-refractivity contribution in [2.24, 2.45) is 5.10 Å².